The minimum atomic E-state index is 0.302. The second-order valence-electron chi connectivity index (χ2n) is 6.25. The fourth-order valence-electron chi connectivity index (χ4n) is 4.13. The van der Waals surface area contributed by atoms with Gasteiger partial charge in [-0.25, -0.2) is 0 Å². The SMILES string of the molecule is O=C(CC1CC2CCC1C2)N[C@@H]1CCCNC1. The van der Waals surface area contributed by atoms with Gasteiger partial charge >= 0.3 is 0 Å². The lowest BCUT2D eigenvalue weighted by Gasteiger charge is -2.26. The van der Waals surface area contributed by atoms with Crippen molar-refractivity contribution < 1.29 is 4.79 Å². The number of rotatable bonds is 3. The molecule has 3 aliphatic rings. The predicted molar refractivity (Wildman–Crippen MR) is 67.6 cm³/mol. The van der Waals surface area contributed by atoms with Crippen molar-refractivity contribution in [3.8, 4) is 0 Å². The van der Waals surface area contributed by atoms with Gasteiger partial charge in [-0.05, 0) is 56.4 Å². The number of nitrogens with one attached hydrogen (secondary N) is 2. The highest BCUT2D eigenvalue weighted by Gasteiger charge is 2.40. The lowest BCUT2D eigenvalue weighted by atomic mass is 9.86. The van der Waals surface area contributed by atoms with Gasteiger partial charge in [0.2, 0.25) is 5.91 Å². The number of hydrogen-bond acceptors (Lipinski definition) is 2. The molecule has 3 fully saturated rings. The van der Waals surface area contributed by atoms with E-state index in [4.69, 9.17) is 0 Å². The van der Waals surface area contributed by atoms with Crippen LogP contribution in [-0.2, 0) is 4.79 Å². The summed E-state index contributed by atoms with van der Waals surface area (Å²) in [5.74, 6) is 2.82. The Bertz CT molecular complexity index is 286. The normalized spacial score (nSPS) is 40.5. The molecule has 4 atom stereocenters. The van der Waals surface area contributed by atoms with Crippen molar-refractivity contribution in [2.24, 2.45) is 17.8 Å². The van der Waals surface area contributed by atoms with Crippen molar-refractivity contribution in [2.45, 2.75) is 51.0 Å². The monoisotopic (exact) mass is 236 g/mol. The van der Waals surface area contributed by atoms with Gasteiger partial charge in [0, 0.05) is 19.0 Å². The third kappa shape index (κ3) is 2.65. The van der Waals surface area contributed by atoms with Crippen LogP contribution in [0.3, 0.4) is 0 Å². The largest absolute Gasteiger partial charge is 0.352 e. The quantitative estimate of drug-likeness (QED) is 0.783. The van der Waals surface area contributed by atoms with E-state index in [1.165, 1.54) is 32.1 Å². The number of fused-ring (bicyclic) bond motifs is 2. The summed E-state index contributed by atoms with van der Waals surface area (Å²) in [6, 6.07) is 0.384. The lowest BCUT2D eigenvalue weighted by molar-refractivity contribution is -0.123. The minimum Gasteiger partial charge on any atom is -0.352 e. The van der Waals surface area contributed by atoms with Gasteiger partial charge < -0.3 is 10.6 Å². The number of carbonyl (C=O) groups excluding carboxylic acids is 1. The van der Waals surface area contributed by atoms with Crippen LogP contribution in [0, 0.1) is 17.8 Å². The molecular weight excluding hydrogens is 212 g/mol. The molecule has 17 heavy (non-hydrogen) atoms. The van der Waals surface area contributed by atoms with Crippen LogP contribution in [-0.4, -0.2) is 25.0 Å². The Balaban J connectivity index is 1.44. The highest BCUT2D eigenvalue weighted by atomic mass is 16.1. The molecule has 0 aromatic heterocycles. The van der Waals surface area contributed by atoms with Gasteiger partial charge in [0.15, 0.2) is 0 Å². The van der Waals surface area contributed by atoms with Crippen LogP contribution < -0.4 is 10.6 Å². The number of carbonyl (C=O) groups is 1. The van der Waals surface area contributed by atoms with Crippen molar-refractivity contribution in [3.63, 3.8) is 0 Å². The van der Waals surface area contributed by atoms with E-state index in [-0.39, 0.29) is 0 Å². The fourth-order valence-corrected chi connectivity index (χ4v) is 4.13. The van der Waals surface area contributed by atoms with Crippen LogP contribution in [0.2, 0.25) is 0 Å². The molecular formula is C14H24N2O. The predicted octanol–water partition coefficient (Wildman–Crippen LogP) is 1.68. The molecule has 0 aromatic rings. The molecule has 3 heteroatoms. The zero-order valence-corrected chi connectivity index (χ0v) is 10.6. The molecule has 3 unspecified atom stereocenters. The van der Waals surface area contributed by atoms with E-state index >= 15 is 0 Å². The van der Waals surface area contributed by atoms with Gasteiger partial charge in [0.25, 0.3) is 0 Å². The molecule has 0 aromatic carbocycles. The molecule has 0 radical (unpaired) electrons. The van der Waals surface area contributed by atoms with Crippen LogP contribution >= 0.6 is 0 Å². The highest BCUT2D eigenvalue weighted by Crippen LogP contribution is 2.49. The van der Waals surface area contributed by atoms with E-state index in [0.717, 1.165) is 37.8 Å². The molecule has 2 bridgehead atoms. The summed E-state index contributed by atoms with van der Waals surface area (Å²) in [5, 5.41) is 6.55. The molecule has 96 valence electrons. The van der Waals surface area contributed by atoms with Crippen LogP contribution in [0.5, 0.6) is 0 Å². The summed E-state index contributed by atoms with van der Waals surface area (Å²) in [6.07, 6.45) is 8.67. The van der Waals surface area contributed by atoms with E-state index in [0.29, 0.717) is 17.9 Å². The second-order valence-corrected chi connectivity index (χ2v) is 6.25. The first-order valence-corrected chi connectivity index (χ1v) is 7.31. The molecule has 2 saturated carbocycles. The Labute approximate surface area is 104 Å². The third-order valence-corrected chi connectivity index (χ3v) is 4.99. The number of amides is 1. The van der Waals surface area contributed by atoms with E-state index in [1.54, 1.807) is 0 Å². The average Bonchev–Trinajstić information content (AvgIpc) is 2.92. The summed E-state index contributed by atoms with van der Waals surface area (Å²) in [6.45, 7) is 2.07. The first-order chi connectivity index (χ1) is 8.31. The molecule has 3 rings (SSSR count). The summed E-state index contributed by atoms with van der Waals surface area (Å²) in [4.78, 5) is 12.0. The van der Waals surface area contributed by atoms with Crippen molar-refractivity contribution in [2.75, 3.05) is 13.1 Å². The maximum absolute atomic E-state index is 12.0. The Hall–Kier alpha value is -0.570. The van der Waals surface area contributed by atoms with Crippen molar-refractivity contribution >= 4 is 5.91 Å². The van der Waals surface area contributed by atoms with Crippen molar-refractivity contribution in [3.05, 3.63) is 0 Å². The van der Waals surface area contributed by atoms with Gasteiger partial charge in [-0.15, -0.1) is 0 Å². The smallest absolute Gasteiger partial charge is 0.220 e. The first-order valence-electron chi connectivity index (χ1n) is 7.31. The van der Waals surface area contributed by atoms with E-state index in [9.17, 15) is 4.79 Å². The van der Waals surface area contributed by atoms with Gasteiger partial charge in [-0.1, -0.05) is 6.42 Å². The summed E-state index contributed by atoms with van der Waals surface area (Å²) < 4.78 is 0. The van der Waals surface area contributed by atoms with Gasteiger partial charge in [-0.3, -0.25) is 4.79 Å². The van der Waals surface area contributed by atoms with E-state index < -0.39 is 0 Å². The molecule has 1 amide bonds. The van der Waals surface area contributed by atoms with Crippen LogP contribution in [0.1, 0.15) is 44.9 Å². The maximum atomic E-state index is 12.0. The number of hydrogen-bond donors (Lipinski definition) is 2. The molecule has 1 heterocycles. The van der Waals surface area contributed by atoms with Crippen molar-refractivity contribution in [1.82, 2.24) is 10.6 Å². The molecule has 1 aliphatic heterocycles. The zero-order valence-electron chi connectivity index (χ0n) is 10.6. The van der Waals surface area contributed by atoms with Crippen LogP contribution in [0.25, 0.3) is 0 Å². The second kappa shape index (κ2) is 4.97. The maximum Gasteiger partial charge on any atom is 0.220 e. The van der Waals surface area contributed by atoms with Crippen LogP contribution in [0.15, 0.2) is 0 Å². The van der Waals surface area contributed by atoms with Crippen LogP contribution in [0.4, 0.5) is 0 Å². The molecule has 2 N–H and O–H groups in total. The molecule has 1 saturated heterocycles. The Morgan fingerprint density at radius 1 is 1.24 bits per heavy atom. The fraction of sp³-hybridized carbons (Fsp3) is 0.929. The minimum absolute atomic E-state index is 0.302. The molecule has 3 nitrogen and oxygen atoms in total. The molecule has 2 aliphatic carbocycles. The average molecular weight is 236 g/mol. The summed E-state index contributed by atoms with van der Waals surface area (Å²) in [5.41, 5.74) is 0. The highest BCUT2D eigenvalue weighted by molar-refractivity contribution is 5.76. The van der Waals surface area contributed by atoms with E-state index in [1.807, 2.05) is 0 Å². The Morgan fingerprint density at radius 2 is 2.18 bits per heavy atom. The summed E-state index contributed by atoms with van der Waals surface area (Å²) >= 11 is 0. The van der Waals surface area contributed by atoms with Crippen molar-refractivity contribution in [1.29, 1.82) is 0 Å². The van der Waals surface area contributed by atoms with E-state index in [2.05, 4.69) is 10.6 Å². The first kappa shape index (κ1) is 11.5. The Morgan fingerprint density at radius 3 is 2.82 bits per heavy atom. The molecule has 0 spiro atoms. The Kier molecular flexibility index (Phi) is 3.37. The van der Waals surface area contributed by atoms with Gasteiger partial charge in [-0.2, -0.15) is 0 Å². The lowest BCUT2D eigenvalue weighted by Crippen LogP contribution is -2.46. The van der Waals surface area contributed by atoms with Gasteiger partial charge in [0.1, 0.15) is 0 Å². The third-order valence-electron chi connectivity index (χ3n) is 4.99. The zero-order chi connectivity index (χ0) is 11.7. The van der Waals surface area contributed by atoms with Gasteiger partial charge in [0.05, 0.1) is 0 Å². The topological polar surface area (TPSA) is 41.1 Å². The summed E-state index contributed by atoms with van der Waals surface area (Å²) in [7, 11) is 0. The standard InChI is InChI=1S/C14H24N2O/c17-14(16-13-2-1-5-15-9-13)8-12-7-10-3-4-11(12)6-10/h10-13,15H,1-9H2,(H,16,17)/t10?,11?,12?,13-/m1/s1. The number of piperidine rings is 1.